The van der Waals surface area contributed by atoms with E-state index in [-0.39, 0.29) is 11.1 Å². The number of hydrogen-bond donors (Lipinski definition) is 2. The van der Waals surface area contributed by atoms with Crippen LogP contribution in [0.3, 0.4) is 0 Å². The van der Waals surface area contributed by atoms with Gasteiger partial charge in [0.05, 0.1) is 17.4 Å². The monoisotopic (exact) mass is 715 g/mol. The zero-order chi connectivity index (χ0) is 38.6. The number of pyridine rings is 1. The van der Waals surface area contributed by atoms with Crippen molar-refractivity contribution in [3.05, 3.63) is 54.4 Å². The quantitative estimate of drug-likeness (QED) is 0.226. The molecule has 0 radical (unpaired) electrons. The van der Waals surface area contributed by atoms with Gasteiger partial charge in [0.2, 0.25) is 0 Å². The van der Waals surface area contributed by atoms with E-state index in [4.69, 9.17) is 23.7 Å². The van der Waals surface area contributed by atoms with Crippen molar-refractivity contribution in [1.29, 1.82) is 0 Å². The van der Waals surface area contributed by atoms with Gasteiger partial charge in [0.1, 0.15) is 23.4 Å². The minimum absolute atomic E-state index is 0.0217. The van der Waals surface area contributed by atoms with Crippen molar-refractivity contribution in [2.24, 2.45) is 23.2 Å². The standard InChI is InChI=1S/C37H49NO13/c1-11-19(2)33(44)50-27-21(4)28(47-22(5)39)29(48-23(6)40)32(49-24(7)41)35(8,9)15-14-20(3)30(42)37(46)18-36(10,31(43)26(27)37)51-34(45)25-13-12-16-38-17-25/h12-17,19-20,26-29,31-32,43,46H,4,11,18H2,1-3,5-10H3. The van der Waals surface area contributed by atoms with E-state index in [0.717, 1.165) is 20.8 Å². The SMILES string of the molecule is C=C1C(OC(C)=O)C(OC(C)=O)C(OC(C)=O)C(C)(C)C=CC(C)C(=O)C2(O)CC(C)(OC(=O)c3cccnc3)C(O)C2C1OC(=O)C(C)CC. The summed E-state index contributed by atoms with van der Waals surface area (Å²) in [6.45, 7) is 16.7. The number of aliphatic hydroxyl groups is 2. The van der Waals surface area contributed by atoms with Crippen molar-refractivity contribution in [3.8, 4) is 0 Å². The molecule has 0 spiro atoms. The summed E-state index contributed by atoms with van der Waals surface area (Å²) in [7, 11) is 0. The van der Waals surface area contributed by atoms with Gasteiger partial charge in [-0.25, -0.2) is 4.79 Å². The fourth-order valence-corrected chi connectivity index (χ4v) is 6.66. The largest absolute Gasteiger partial charge is 0.458 e. The van der Waals surface area contributed by atoms with E-state index in [1.54, 1.807) is 27.7 Å². The fraction of sp³-hybridized carbons (Fsp3) is 0.595. The van der Waals surface area contributed by atoms with E-state index in [0.29, 0.717) is 6.42 Å². The molecule has 3 rings (SSSR count). The van der Waals surface area contributed by atoms with Crippen molar-refractivity contribution in [3.63, 3.8) is 0 Å². The van der Waals surface area contributed by atoms with Crippen LogP contribution in [0.5, 0.6) is 0 Å². The summed E-state index contributed by atoms with van der Waals surface area (Å²) in [4.78, 5) is 83.0. The number of fused-ring (bicyclic) bond motifs is 1. The number of esters is 5. The highest BCUT2D eigenvalue weighted by molar-refractivity contribution is 5.92. The van der Waals surface area contributed by atoms with Crippen LogP contribution in [0.15, 0.2) is 48.8 Å². The van der Waals surface area contributed by atoms with Crippen molar-refractivity contribution in [2.75, 3.05) is 0 Å². The van der Waals surface area contributed by atoms with Gasteiger partial charge < -0.3 is 33.9 Å². The summed E-state index contributed by atoms with van der Waals surface area (Å²) in [5.41, 5.74) is -6.08. The number of aromatic nitrogens is 1. The van der Waals surface area contributed by atoms with Crippen molar-refractivity contribution in [2.45, 2.75) is 117 Å². The molecule has 280 valence electrons. The Morgan fingerprint density at radius 3 is 2.14 bits per heavy atom. The molecule has 1 heterocycles. The van der Waals surface area contributed by atoms with Crippen LogP contribution in [0.2, 0.25) is 0 Å². The Labute approximate surface area is 297 Å². The third-order valence-corrected chi connectivity index (χ3v) is 9.55. The van der Waals surface area contributed by atoms with Gasteiger partial charge in [-0.05, 0) is 25.5 Å². The molecular formula is C37H49NO13. The summed E-state index contributed by atoms with van der Waals surface area (Å²) in [5.74, 6) is -8.74. The number of carbonyl (C=O) groups excluding carboxylic acids is 6. The molecule has 1 saturated carbocycles. The van der Waals surface area contributed by atoms with Crippen LogP contribution in [-0.2, 0) is 47.7 Å². The molecule has 51 heavy (non-hydrogen) atoms. The van der Waals surface area contributed by atoms with Crippen molar-refractivity contribution < 1.29 is 62.7 Å². The second-order valence-electron chi connectivity index (χ2n) is 14.2. The third kappa shape index (κ3) is 8.90. The molecule has 10 atom stereocenters. The van der Waals surface area contributed by atoms with Gasteiger partial charge in [-0.2, -0.15) is 0 Å². The number of rotatable bonds is 8. The fourth-order valence-electron chi connectivity index (χ4n) is 6.66. The highest BCUT2D eigenvalue weighted by Gasteiger charge is 2.68. The summed E-state index contributed by atoms with van der Waals surface area (Å²) >= 11 is 0. The number of carbonyl (C=O) groups is 6. The van der Waals surface area contributed by atoms with Gasteiger partial charge in [-0.3, -0.25) is 29.0 Å². The first kappa shape index (κ1) is 41.0. The molecule has 14 heteroatoms. The van der Waals surface area contributed by atoms with Gasteiger partial charge in [0.25, 0.3) is 0 Å². The van der Waals surface area contributed by atoms with Crippen LogP contribution in [0.25, 0.3) is 0 Å². The number of aliphatic hydroxyl groups excluding tert-OH is 1. The Kier molecular flexibility index (Phi) is 12.7. The topological polar surface area (TPSA) is 202 Å². The van der Waals surface area contributed by atoms with Crippen LogP contribution >= 0.6 is 0 Å². The first-order chi connectivity index (χ1) is 23.6. The lowest BCUT2D eigenvalue weighted by Gasteiger charge is -2.43. The molecule has 1 aromatic rings. The lowest BCUT2D eigenvalue weighted by atomic mass is 9.72. The van der Waals surface area contributed by atoms with Crippen LogP contribution in [-0.4, -0.2) is 92.5 Å². The summed E-state index contributed by atoms with van der Waals surface area (Å²) in [6.07, 6.45) is -3.20. The highest BCUT2D eigenvalue weighted by Crippen LogP contribution is 2.51. The number of Topliss-reactive ketones (excluding diaryl/α,β-unsaturated/α-hetero) is 1. The van der Waals surface area contributed by atoms with Crippen LogP contribution in [0.4, 0.5) is 0 Å². The van der Waals surface area contributed by atoms with E-state index in [9.17, 15) is 39.0 Å². The average Bonchev–Trinajstić information content (AvgIpc) is 3.25. The number of hydrogen-bond acceptors (Lipinski definition) is 14. The molecule has 0 aliphatic heterocycles. The second kappa shape index (κ2) is 15.9. The summed E-state index contributed by atoms with van der Waals surface area (Å²) < 4.78 is 28.9. The Morgan fingerprint density at radius 1 is 1.00 bits per heavy atom. The van der Waals surface area contributed by atoms with E-state index < -0.39 is 107 Å². The average molecular weight is 716 g/mol. The number of ether oxygens (including phenoxy) is 5. The molecular weight excluding hydrogens is 666 g/mol. The van der Waals surface area contributed by atoms with Gasteiger partial charge in [0, 0.05) is 56.5 Å². The Hall–Kier alpha value is -4.43. The maximum atomic E-state index is 14.4. The van der Waals surface area contributed by atoms with E-state index >= 15 is 0 Å². The Bertz CT molecular complexity index is 1550. The Balaban J connectivity index is 2.40. The van der Waals surface area contributed by atoms with Gasteiger partial charge in [-0.1, -0.05) is 53.3 Å². The minimum Gasteiger partial charge on any atom is -0.458 e. The van der Waals surface area contributed by atoms with Crippen LogP contribution < -0.4 is 0 Å². The molecule has 2 aliphatic rings. The Morgan fingerprint density at radius 2 is 1.61 bits per heavy atom. The zero-order valence-electron chi connectivity index (χ0n) is 30.5. The molecule has 2 aliphatic carbocycles. The number of nitrogens with zero attached hydrogens (tertiary/aromatic N) is 1. The smallest absolute Gasteiger partial charge is 0.340 e. The minimum atomic E-state index is -2.56. The maximum absolute atomic E-state index is 14.4. The molecule has 10 unspecified atom stereocenters. The molecule has 0 aromatic carbocycles. The molecule has 14 nitrogen and oxygen atoms in total. The number of allylic oxidation sites excluding steroid dienone is 1. The van der Waals surface area contributed by atoms with Crippen LogP contribution in [0, 0.1) is 23.2 Å². The van der Waals surface area contributed by atoms with E-state index in [1.165, 1.54) is 50.5 Å². The molecule has 0 amide bonds. The predicted molar refractivity (Wildman–Crippen MR) is 179 cm³/mol. The molecule has 1 aromatic heterocycles. The number of ketones is 1. The van der Waals surface area contributed by atoms with E-state index in [2.05, 4.69) is 11.6 Å². The van der Waals surface area contributed by atoms with Crippen molar-refractivity contribution >= 4 is 35.6 Å². The summed E-state index contributed by atoms with van der Waals surface area (Å²) in [6, 6.07) is 2.92. The zero-order valence-corrected chi connectivity index (χ0v) is 30.5. The first-order valence-electron chi connectivity index (χ1n) is 16.8. The maximum Gasteiger partial charge on any atom is 0.340 e. The van der Waals surface area contributed by atoms with Gasteiger partial charge in [-0.15, -0.1) is 0 Å². The van der Waals surface area contributed by atoms with Crippen LogP contribution in [0.1, 0.15) is 85.5 Å². The second-order valence-corrected chi connectivity index (χ2v) is 14.2. The van der Waals surface area contributed by atoms with E-state index in [1.807, 2.05) is 0 Å². The lowest BCUT2D eigenvalue weighted by Crippen LogP contribution is -2.58. The normalized spacial score (nSPS) is 32.6. The molecule has 1 fully saturated rings. The third-order valence-electron chi connectivity index (χ3n) is 9.55. The lowest BCUT2D eigenvalue weighted by molar-refractivity contribution is -0.191. The molecule has 2 N–H and O–H groups in total. The van der Waals surface area contributed by atoms with Gasteiger partial charge in [0.15, 0.2) is 24.1 Å². The molecule has 0 saturated heterocycles. The summed E-state index contributed by atoms with van der Waals surface area (Å²) in [5, 5.41) is 24.7. The van der Waals surface area contributed by atoms with Crippen molar-refractivity contribution in [1.82, 2.24) is 4.98 Å². The predicted octanol–water partition coefficient (Wildman–Crippen LogP) is 3.22. The molecule has 0 bridgehead atoms. The first-order valence-corrected chi connectivity index (χ1v) is 16.8. The highest BCUT2D eigenvalue weighted by atomic mass is 16.6. The van der Waals surface area contributed by atoms with Gasteiger partial charge >= 0.3 is 29.8 Å².